The molecule has 0 aliphatic carbocycles. The van der Waals surface area contributed by atoms with Crippen LogP contribution in [-0.2, 0) is 6.54 Å². The summed E-state index contributed by atoms with van der Waals surface area (Å²) in [6, 6.07) is 4.52. The molecule has 16 heavy (non-hydrogen) atoms. The highest BCUT2D eigenvalue weighted by Gasteiger charge is 2.31. The van der Waals surface area contributed by atoms with Gasteiger partial charge in [0.05, 0.1) is 4.47 Å². The monoisotopic (exact) mass is 297 g/mol. The summed E-state index contributed by atoms with van der Waals surface area (Å²) in [4.78, 5) is 1.92. The maximum absolute atomic E-state index is 12.0. The zero-order valence-corrected chi connectivity index (χ0v) is 10.4. The van der Waals surface area contributed by atoms with Gasteiger partial charge >= 0.3 is 6.36 Å². The van der Waals surface area contributed by atoms with Crippen LogP contribution in [0, 0.1) is 0 Å². The predicted molar refractivity (Wildman–Crippen MR) is 58.2 cm³/mol. The van der Waals surface area contributed by atoms with Gasteiger partial charge in [0.25, 0.3) is 0 Å². The molecular formula is C10H11BrF3NO. The minimum atomic E-state index is -4.66. The van der Waals surface area contributed by atoms with E-state index in [1.165, 1.54) is 6.07 Å². The van der Waals surface area contributed by atoms with Gasteiger partial charge in [0.1, 0.15) is 5.75 Å². The molecule has 0 aliphatic heterocycles. The van der Waals surface area contributed by atoms with Gasteiger partial charge in [-0.25, -0.2) is 0 Å². The van der Waals surface area contributed by atoms with Gasteiger partial charge < -0.3 is 9.64 Å². The number of benzene rings is 1. The Morgan fingerprint density at radius 1 is 1.31 bits per heavy atom. The van der Waals surface area contributed by atoms with Gasteiger partial charge in [-0.05, 0) is 47.7 Å². The minimum absolute atomic E-state index is 0.227. The fourth-order valence-electron chi connectivity index (χ4n) is 1.22. The standard InChI is InChI=1S/C10H11BrF3NO/c1-15(2)6-7-3-4-9(8(11)5-7)16-10(12,13)14/h3-5H,6H2,1-2H3. The maximum Gasteiger partial charge on any atom is 0.573 e. The van der Waals surface area contributed by atoms with Crippen LogP contribution >= 0.6 is 15.9 Å². The van der Waals surface area contributed by atoms with Crippen molar-refractivity contribution < 1.29 is 17.9 Å². The normalized spacial score (nSPS) is 11.9. The van der Waals surface area contributed by atoms with E-state index in [4.69, 9.17) is 0 Å². The third kappa shape index (κ3) is 4.40. The molecule has 0 radical (unpaired) electrons. The van der Waals surface area contributed by atoms with Gasteiger partial charge in [0, 0.05) is 6.54 Å². The molecule has 0 heterocycles. The lowest BCUT2D eigenvalue weighted by atomic mass is 10.2. The van der Waals surface area contributed by atoms with Gasteiger partial charge in [0.15, 0.2) is 0 Å². The number of ether oxygens (including phenoxy) is 1. The lowest BCUT2D eigenvalue weighted by molar-refractivity contribution is -0.274. The number of hydrogen-bond acceptors (Lipinski definition) is 2. The first-order valence-corrected chi connectivity index (χ1v) is 5.26. The molecule has 0 saturated carbocycles. The minimum Gasteiger partial charge on any atom is -0.405 e. The number of halogens is 4. The van der Waals surface area contributed by atoms with Gasteiger partial charge in [-0.1, -0.05) is 6.07 Å². The Kier molecular flexibility index (Phi) is 4.21. The van der Waals surface area contributed by atoms with Crippen LogP contribution < -0.4 is 4.74 Å². The topological polar surface area (TPSA) is 12.5 Å². The highest BCUT2D eigenvalue weighted by atomic mass is 79.9. The molecule has 0 N–H and O–H groups in total. The van der Waals surface area contributed by atoms with E-state index in [1.54, 1.807) is 12.1 Å². The van der Waals surface area contributed by atoms with E-state index in [9.17, 15) is 13.2 Å². The summed E-state index contributed by atoms with van der Waals surface area (Å²) in [5.41, 5.74) is 0.909. The molecule has 90 valence electrons. The SMILES string of the molecule is CN(C)Cc1ccc(OC(F)(F)F)c(Br)c1. The van der Waals surface area contributed by atoms with Gasteiger partial charge in [-0.15, -0.1) is 13.2 Å². The van der Waals surface area contributed by atoms with Crippen molar-refractivity contribution in [3.63, 3.8) is 0 Å². The molecule has 0 saturated heterocycles. The summed E-state index contributed by atoms with van der Waals surface area (Å²) >= 11 is 3.05. The van der Waals surface area contributed by atoms with Crippen molar-refractivity contribution in [2.24, 2.45) is 0 Å². The summed E-state index contributed by atoms with van der Waals surface area (Å²) in [6.45, 7) is 0.658. The third-order valence-corrected chi connectivity index (χ3v) is 2.34. The van der Waals surface area contributed by atoms with Crippen LogP contribution in [0.4, 0.5) is 13.2 Å². The molecule has 0 atom stereocenters. The fraction of sp³-hybridized carbons (Fsp3) is 0.400. The van der Waals surface area contributed by atoms with Crippen LogP contribution in [0.15, 0.2) is 22.7 Å². The Hall–Kier alpha value is -0.750. The molecule has 1 aromatic rings. The summed E-state index contributed by atoms with van der Waals surface area (Å²) in [5, 5.41) is 0. The molecule has 0 bridgehead atoms. The van der Waals surface area contributed by atoms with E-state index >= 15 is 0 Å². The predicted octanol–water partition coefficient (Wildman–Crippen LogP) is 3.41. The Morgan fingerprint density at radius 2 is 1.94 bits per heavy atom. The van der Waals surface area contributed by atoms with Crippen LogP contribution in [0.25, 0.3) is 0 Å². The van der Waals surface area contributed by atoms with E-state index in [0.29, 0.717) is 11.0 Å². The van der Waals surface area contributed by atoms with E-state index in [2.05, 4.69) is 20.7 Å². The van der Waals surface area contributed by atoms with Crippen molar-refractivity contribution in [1.29, 1.82) is 0 Å². The van der Waals surface area contributed by atoms with E-state index in [-0.39, 0.29) is 5.75 Å². The molecule has 0 spiro atoms. The van der Waals surface area contributed by atoms with Gasteiger partial charge in [-0.2, -0.15) is 0 Å². The third-order valence-electron chi connectivity index (χ3n) is 1.72. The van der Waals surface area contributed by atoms with Gasteiger partial charge in [0.2, 0.25) is 0 Å². The van der Waals surface area contributed by atoms with Crippen molar-refractivity contribution in [2.45, 2.75) is 12.9 Å². The summed E-state index contributed by atoms with van der Waals surface area (Å²) in [5.74, 6) is -0.227. The van der Waals surface area contributed by atoms with Gasteiger partial charge in [-0.3, -0.25) is 0 Å². The zero-order chi connectivity index (χ0) is 12.3. The van der Waals surface area contributed by atoms with Crippen LogP contribution in [-0.4, -0.2) is 25.4 Å². The average molecular weight is 298 g/mol. The first kappa shape index (κ1) is 13.3. The number of rotatable bonds is 3. The molecule has 6 heteroatoms. The molecule has 0 unspecified atom stereocenters. The molecule has 1 aromatic carbocycles. The second-order valence-corrected chi connectivity index (χ2v) is 4.40. The van der Waals surface area contributed by atoms with Crippen molar-refractivity contribution in [1.82, 2.24) is 4.90 Å². The van der Waals surface area contributed by atoms with Crippen molar-refractivity contribution in [2.75, 3.05) is 14.1 Å². The molecular weight excluding hydrogens is 287 g/mol. The Bertz CT molecular complexity index is 366. The quantitative estimate of drug-likeness (QED) is 0.848. The zero-order valence-electron chi connectivity index (χ0n) is 8.81. The summed E-state index contributed by atoms with van der Waals surface area (Å²) in [7, 11) is 3.77. The molecule has 0 amide bonds. The lowest BCUT2D eigenvalue weighted by Crippen LogP contribution is -2.17. The number of hydrogen-bond donors (Lipinski definition) is 0. The molecule has 1 rings (SSSR count). The first-order valence-electron chi connectivity index (χ1n) is 4.47. The fourth-order valence-corrected chi connectivity index (χ4v) is 1.72. The van der Waals surface area contributed by atoms with E-state index in [0.717, 1.165) is 5.56 Å². The van der Waals surface area contributed by atoms with Crippen LogP contribution in [0.1, 0.15) is 5.56 Å². The average Bonchev–Trinajstić information content (AvgIpc) is 2.06. The summed E-state index contributed by atoms with van der Waals surface area (Å²) < 4.78 is 40.1. The second-order valence-electron chi connectivity index (χ2n) is 3.55. The number of nitrogens with zero attached hydrogens (tertiary/aromatic N) is 1. The van der Waals surface area contributed by atoms with Crippen molar-refractivity contribution in [3.05, 3.63) is 28.2 Å². The molecule has 0 aromatic heterocycles. The highest BCUT2D eigenvalue weighted by molar-refractivity contribution is 9.10. The Morgan fingerprint density at radius 3 is 2.38 bits per heavy atom. The Labute approximate surface area is 100 Å². The van der Waals surface area contributed by atoms with E-state index in [1.807, 2.05) is 19.0 Å². The number of alkyl halides is 3. The lowest BCUT2D eigenvalue weighted by Gasteiger charge is -2.13. The highest BCUT2D eigenvalue weighted by Crippen LogP contribution is 2.31. The van der Waals surface area contributed by atoms with Crippen LogP contribution in [0.5, 0.6) is 5.75 Å². The van der Waals surface area contributed by atoms with Crippen molar-refractivity contribution >= 4 is 15.9 Å². The largest absolute Gasteiger partial charge is 0.573 e. The van der Waals surface area contributed by atoms with Crippen LogP contribution in [0.2, 0.25) is 0 Å². The molecule has 0 aliphatic rings. The summed E-state index contributed by atoms with van der Waals surface area (Å²) in [6.07, 6.45) is -4.66. The molecule has 0 fully saturated rings. The molecule has 2 nitrogen and oxygen atoms in total. The van der Waals surface area contributed by atoms with E-state index < -0.39 is 6.36 Å². The second kappa shape index (κ2) is 5.05. The van der Waals surface area contributed by atoms with Crippen LogP contribution in [0.3, 0.4) is 0 Å². The Balaban J connectivity index is 2.83. The maximum atomic E-state index is 12.0. The first-order chi connectivity index (χ1) is 7.28. The smallest absolute Gasteiger partial charge is 0.405 e. The van der Waals surface area contributed by atoms with Crippen molar-refractivity contribution in [3.8, 4) is 5.75 Å².